The van der Waals surface area contributed by atoms with E-state index in [1.54, 1.807) is 19.9 Å². The molecule has 6 heteroatoms. The third-order valence-corrected chi connectivity index (χ3v) is 8.52. The van der Waals surface area contributed by atoms with Gasteiger partial charge in [-0.05, 0) is 57.1 Å². The molecule has 0 spiro atoms. The van der Waals surface area contributed by atoms with E-state index in [0.29, 0.717) is 19.3 Å². The lowest BCUT2D eigenvalue weighted by molar-refractivity contribution is -0.214. The van der Waals surface area contributed by atoms with Gasteiger partial charge < -0.3 is 10.2 Å². The summed E-state index contributed by atoms with van der Waals surface area (Å²) in [4.78, 5) is 23.9. The minimum Gasteiger partial charge on any atom is -0.390 e. The Labute approximate surface area is 158 Å². The number of thiol groups is 1. The van der Waals surface area contributed by atoms with Gasteiger partial charge in [0.1, 0.15) is 5.60 Å². The second-order valence-corrected chi connectivity index (χ2v) is 9.38. The Bertz CT molecular complexity index is 763. The molecule has 3 saturated carbocycles. The van der Waals surface area contributed by atoms with Crippen molar-refractivity contribution in [3.05, 3.63) is 23.8 Å². The molecular formula is C20H25FO4S. The Morgan fingerprint density at radius 1 is 1.31 bits per heavy atom. The summed E-state index contributed by atoms with van der Waals surface area (Å²) in [6.07, 6.45) is 4.99. The molecule has 0 saturated heterocycles. The molecule has 0 aromatic rings. The van der Waals surface area contributed by atoms with E-state index in [9.17, 15) is 19.8 Å². The van der Waals surface area contributed by atoms with Crippen LogP contribution < -0.4 is 0 Å². The van der Waals surface area contributed by atoms with Gasteiger partial charge in [-0.25, -0.2) is 4.39 Å². The molecule has 4 nitrogen and oxygen atoms in total. The summed E-state index contributed by atoms with van der Waals surface area (Å²) in [5.74, 6) is -0.857. The molecule has 142 valence electrons. The van der Waals surface area contributed by atoms with E-state index >= 15 is 4.39 Å². The SMILES string of the molecule is C[C@]12C=CC(=O)C=C1CC[C@H]1[C@@H]3CC[C@](O)(C(=O)S)[C@@]3(C)C[C@H](O)[C@@]12F. The lowest BCUT2D eigenvalue weighted by Gasteiger charge is -2.62. The third kappa shape index (κ3) is 1.88. The molecule has 0 radical (unpaired) electrons. The minimum absolute atomic E-state index is 0.00186. The predicted molar refractivity (Wildman–Crippen MR) is 97.3 cm³/mol. The van der Waals surface area contributed by atoms with E-state index < -0.39 is 39.2 Å². The molecule has 0 heterocycles. The van der Waals surface area contributed by atoms with Gasteiger partial charge in [-0.2, -0.15) is 0 Å². The Hall–Kier alpha value is -0.980. The summed E-state index contributed by atoms with van der Waals surface area (Å²) in [7, 11) is 0. The van der Waals surface area contributed by atoms with Gasteiger partial charge in [0.05, 0.1) is 6.10 Å². The van der Waals surface area contributed by atoms with Crippen LogP contribution in [0.1, 0.15) is 46.0 Å². The third-order valence-electron chi connectivity index (χ3n) is 8.15. The van der Waals surface area contributed by atoms with E-state index in [1.807, 2.05) is 0 Å². The maximum Gasteiger partial charge on any atom is 0.218 e. The van der Waals surface area contributed by atoms with Gasteiger partial charge in [-0.3, -0.25) is 9.59 Å². The first-order chi connectivity index (χ1) is 12.0. The zero-order chi connectivity index (χ0) is 19.1. The number of rotatable bonds is 1. The van der Waals surface area contributed by atoms with Crippen LogP contribution in [-0.4, -0.2) is 38.5 Å². The number of fused-ring (bicyclic) bond motifs is 5. The number of carbonyl (C=O) groups excluding carboxylic acids is 2. The first kappa shape index (κ1) is 18.4. The molecule has 4 rings (SSSR count). The van der Waals surface area contributed by atoms with Gasteiger partial charge >= 0.3 is 0 Å². The van der Waals surface area contributed by atoms with Crippen molar-refractivity contribution in [2.75, 3.05) is 0 Å². The number of aliphatic hydroxyl groups excluding tert-OH is 1. The van der Waals surface area contributed by atoms with Crippen LogP contribution in [0.3, 0.4) is 0 Å². The number of ketones is 1. The topological polar surface area (TPSA) is 74.6 Å². The van der Waals surface area contributed by atoms with Crippen LogP contribution in [0.2, 0.25) is 0 Å². The van der Waals surface area contributed by atoms with Crippen molar-refractivity contribution in [3.63, 3.8) is 0 Å². The zero-order valence-corrected chi connectivity index (χ0v) is 15.9. The fourth-order valence-corrected chi connectivity index (χ4v) is 6.93. The van der Waals surface area contributed by atoms with Crippen LogP contribution in [-0.2, 0) is 9.59 Å². The monoisotopic (exact) mass is 380 g/mol. The van der Waals surface area contributed by atoms with Crippen LogP contribution in [0.15, 0.2) is 23.8 Å². The molecule has 4 aliphatic carbocycles. The van der Waals surface area contributed by atoms with Crippen molar-refractivity contribution in [1.29, 1.82) is 0 Å². The summed E-state index contributed by atoms with van der Waals surface area (Å²) in [6.45, 7) is 3.54. The molecular weight excluding hydrogens is 355 g/mol. The second-order valence-electron chi connectivity index (χ2n) is 8.97. The lowest BCUT2D eigenvalue weighted by Crippen LogP contribution is -2.68. The molecule has 0 amide bonds. The zero-order valence-electron chi connectivity index (χ0n) is 15.0. The number of allylic oxidation sites excluding steroid dienone is 4. The van der Waals surface area contributed by atoms with E-state index in [1.165, 1.54) is 12.2 Å². The molecule has 2 N–H and O–H groups in total. The van der Waals surface area contributed by atoms with Crippen LogP contribution in [0.5, 0.6) is 0 Å². The summed E-state index contributed by atoms with van der Waals surface area (Å²) >= 11 is 3.90. The number of halogens is 1. The maximum absolute atomic E-state index is 16.7. The molecule has 3 fully saturated rings. The molecule has 0 aromatic heterocycles. The normalized spacial score (nSPS) is 52.8. The van der Waals surface area contributed by atoms with Gasteiger partial charge in [0.2, 0.25) is 5.12 Å². The molecule has 0 aliphatic heterocycles. The molecule has 4 aliphatic rings. The Morgan fingerprint density at radius 3 is 2.65 bits per heavy atom. The fourth-order valence-electron chi connectivity index (χ4n) is 6.57. The van der Waals surface area contributed by atoms with Crippen molar-refractivity contribution >= 4 is 23.5 Å². The Kier molecular flexibility index (Phi) is 3.75. The number of aliphatic hydroxyl groups is 2. The van der Waals surface area contributed by atoms with Crippen LogP contribution in [0.25, 0.3) is 0 Å². The first-order valence-corrected chi connectivity index (χ1v) is 9.72. The van der Waals surface area contributed by atoms with E-state index in [4.69, 9.17) is 0 Å². The van der Waals surface area contributed by atoms with Gasteiger partial charge in [0.25, 0.3) is 0 Å². The Balaban J connectivity index is 1.83. The van der Waals surface area contributed by atoms with Gasteiger partial charge in [-0.15, -0.1) is 12.6 Å². The van der Waals surface area contributed by atoms with Crippen LogP contribution >= 0.6 is 12.6 Å². The number of alkyl halides is 1. The molecule has 7 atom stereocenters. The van der Waals surface area contributed by atoms with Crippen molar-refractivity contribution in [3.8, 4) is 0 Å². The van der Waals surface area contributed by atoms with Crippen LogP contribution in [0.4, 0.5) is 4.39 Å². The molecule has 0 unspecified atom stereocenters. The highest BCUT2D eigenvalue weighted by atomic mass is 32.1. The predicted octanol–water partition coefficient (Wildman–Crippen LogP) is 2.54. The Morgan fingerprint density at radius 2 is 2.00 bits per heavy atom. The molecule has 0 bridgehead atoms. The minimum atomic E-state index is -1.93. The number of hydrogen-bond acceptors (Lipinski definition) is 4. The highest BCUT2D eigenvalue weighted by molar-refractivity contribution is 7.96. The summed E-state index contributed by atoms with van der Waals surface area (Å²) in [5.41, 5.74) is -4.79. The average Bonchev–Trinajstić information content (AvgIpc) is 2.83. The first-order valence-electron chi connectivity index (χ1n) is 9.28. The van der Waals surface area contributed by atoms with E-state index in [0.717, 1.165) is 5.57 Å². The molecule has 0 aromatic carbocycles. The van der Waals surface area contributed by atoms with Crippen molar-refractivity contribution in [2.45, 2.75) is 63.3 Å². The maximum atomic E-state index is 16.7. The fraction of sp³-hybridized carbons (Fsp3) is 0.700. The number of hydrogen-bond donors (Lipinski definition) is 3. The van der Waals surface area contributed by atoms with Crippen molar-refractivity contribution in [2.24, 2.45) is 22.7 Å². The van der Waals surface area contributed by atoms with Crippen molar-refractivity contribution in [1.82, 2.24) is 0 Å². The van der Waals surface area contributed by atoms with E-state index in [-0.39, 0.29) is 24.5 Å². The lowest BCUT2D eigenvalue weighted by atomic mass is 9.45. The van der Waals surface area contributed by atoms with Crippen LogP contribution in [0, 0.1) is 22.7 Å². The smallest absolute Gasteiger partial charge is 0.218 e. The standard InChI is InChI=1S/C20H25FO4S/c1-17-7-5-12(22)9-11(17)3-4-14-13-6-8-19(25,16(24)26)18(13,2)10-15(23)20(14,17)21/h5,7,9,13-15,23,25H,3-4,6,8,10H2,1-2H3,(H,24,26)/t13-,14-,15-,17-,18-,19-,20-/m0/s1. The highest BCUT2D eigenvalue weighted by Crippen LogP contribution is 2.69. The summed E-state index contributed by atoms with van der Waals surface area (Å²) < 4.78 is 16.7. The average molecular weight is 380 g/mol. The quantitative estimate of drug-likeness (QED) is 0.611. The second kappa shape index (κ2) is 5.30. The highest BCUT2D eigenvalue weighted by Gasteiger charge is 2.73. The molecule has 26 heavy (non-hydrogen) atoms. The van der Waals surface area contributed by atoms with Crippen molar-refractivity contribution < 1.29 is 24.2 Å². The number of carbonyl (C=O) groups is 2. The van der Waals surface area contributed by atoms with Gasteiger partial charge in [0, 0.05) is 16.7 Å². The summed E-state index contributed by atoms with van der Waals surface area (Å²) in [5, 5.41) is 21.4. The largest absolute Gasteiger partial charge is 0.390 e. The van der Waals surface area contributed by atoms with Gasteiger partial charge in [-0.1, -0.05) is 18.6 Å². The van der Waals surface area contributed by atoms with E-state index in [2.05, 4.69) is 12.6 Å². The van der Waals surface area contributed by atoms with Gasteiger partial charge in [0.15, 0.2) is 11.5 Å². The summed E-state index contributed by atoms with van der Waals surface area (Å²) in [6, 6.07) is 0.